The summed E-state index contributed by atoms with van der Waals surface area (Å²) in [7, 11) is 1.54. The molecule has 12 nitrogen and oxygen atoms in total. The summed E-state index contributed by atoms with van der Waals surface area (Å²) in [6.07, 6.45) is 7.95. The molecule has 0 saturated heterocycles. The minimum Gasteiger partial charge on any atom is -0.342 e. The molecule has 1 aliphatic rings. The molecule has 13 heteroatoms. The maximum absolute atomic E-state index is 14.1. The molecule has 3 heterocycles. The van der Waals surface area contributed by atoms with Crippen LogP contribution in [-0.4, -0.2) is 44.8 Å². The molecule has 1 aliphatic heterocycles. The highest BCUT2D eigenvalue weighted by Crippen LogP contribution is 2.34. The number of allylic oxidation sites excluding steroid dienone is 4. The lowest BCUT2D eigenvalue weighted by atomic mass is 9.95. The van der Waals surface area contributed by atoms with E-state index < -0.39 is 17.8 Å². The topological polar surface area (TPSA) is 162 Å². The van der Waals surface area contributed by atoms with Gasteiger partial charge in [0.1, 0.15) is 11.5 Å². The minimum absolute atomic E-state index is 0.0215. The number of aromatic nitrogens is 4. The summed E-state index contributed by atoms with van der Waals surface area (Å²) in [5.41, 5.74) is 3.67. The van der Waals surface area contributed by atoms with Crippen LogP contribution in [-0.2, 0) is 4.79 Å². The van der Waals surface area contributed by atoms with Crippen molar-refractivity contribution in [2.24, 2.45) is 10.9 Å². The Morgan fingerprint density at radius 1 is 1.30 bits per heavy atom. The zero-order valence-electron chi connectivity index (χ0n) is 24.7. The van der Waals surface area contributed by atoms with Crippen molar-refractivity contribution in [1.82, 2.24) is 30.6 Å². The number of nitrogens with zero attached hydrogens (tertiary/aromatic N) is 6. The maximum atomic E-state index is 14.1. The molecule has 2 aromatic heterocycles. The van der Waals surface area contributed by atoms with Gasteiger partial charge in [-0.2, -0.15) is 5.26 Å². The molecule has 2 amide bonds. The number of nitriles is 1. The molecule has 4 rings (SSSR count). The van der Waals surface area contributed by atoms with Crippen LogP contribution in [0.25, 0.3) is 16.8 Å². The van der Waals surface area contributed by atoms with Crippen molar-refractivity contribution in [2.75, 3.05) is 17.7 Å². The predicted octanol–water partition coefficient (Wildman–Crippen LogP) is 4.86. The summed E-state index contributed by atoms with van der Waals surface area (Å²) in [6, 6.07) is 8.59. The number of pyridine rings is 1. The second kappa shape index (κ2) is 14.0. The van der Waals surface area contributed by atoms with Gasteiger partial charge < -0.3 is 16.0 Å². The number of benzene rings is 1. The van der Waals surface area contributed by atoms with Gasteiger partial charge >= 0.3 is 0 Å². The van der Waals surface area contributed by atoms with Gasteiger partial charge in [-0.1, -0.05) is 43.9 Å². The molecule has 4 N–H and O–H groups in total. The van der Waals surface area contributed by atoms with Crippen molar-refractivity contribution in [3.8, 4) is 17.3 Å². The van der Waals surface area contributed by atoms with E-state index in [1.165, 1.54) is 16.8 Å². The van der Waals surface area contributed by atoms with E-state index in [0.717, 1.165) is 11.1 Å². The van der Waals surface area contributed by atoms with E-state index in [4.69, 9.17) is 5.26 Å². The van der Waals surface area contributed by atoms with Crippen molar-refractivity contribution in [3.05, 3.63) is 84.7 Å². The molecular formula is C31H33FN10O2. The van der Waals surface area contributed by atoms with Crippen LogP contribution in [0.1, 0.15) is 54.1 Å². The number of nitrogens with one attached hydrogen (secondary N) is 4. The normalized spacial score (nSPS) is 17.1. The van der Waals surface area contributed by atoms with Crippen molar-refractivity contribution in [1.29, 1.82) is 5.26 Å². The highest BCUT2D eigenvalue weighted by atomic mass is 19.1. The second-order valence-electron chi connectivity index (χ2n) is 10.1. The van der Waals surface area contributed by atoms with Crippen LogP contribution >= 0.6 is 0 Å². The molecule has 0 aliphatic carbocycles. The number of hydrogen-bond acceptors (Lipinski definition) is 7. The van der Waals surface area contributed by atoms with Crippen LogP contribution in [0.3, 0.4) is 0 Å². The van der Waals surface area contributed by atoms with Gasteiger partial charge in [0, 0.05) is 30.4 Å². The number of carbonyl (C=O) groups excluding carboxylic acids is 2. The number of hydrogen-bond donors (Lipinski definition) is 4. The van der Waals surface area contributed by atoms with Gasteiger partial charge in [0.25, 0.3) is 5.91 Å². The summed E-state index contributed by atoms with van der Waals surface area (Å²) < 4.78 is 15.3. The van der Waals surface area contributed by atoms with E-state index in [-0.39, 0.29) is 29.2 Å². The Kier molecular flexibility index (Phi) is 9.97. The third-order valence-electron chi connectivity index (χ3n) is 7.16. The Morgan fingerprint density at radius 3 is 2.80 bits per heavy atom. The fourth-order valence-corrected chi connectivity index (χ4v) is 4.81. The fourth-order valence-electron chi connectivity index (χ4n) is 4.81. The van der Waals surface area contributed by atoms with Crippen LogP contribution in [0.2, 0.25) is 0 Å². The molecule has 0 saturated carbocycles. The Bertz CT molecular complexity index is 1700. The first-order valence-electron chi connectivity index (χ1n) is 13.9. The van der Waals surface area contributed by atoms with Gasteiger partial charge in [0.15, 0.2) is 11.9 Å². The summed E-state index contributed by atoms with van der Waals surface area (Å²) in [5, 5.41) is 28.5. The van der Waals surface area contributed by atoms with Crippen molar-refractivity contribution >= 4 is 34.8 Å². The van der Waals surface area contributed by atoms with E-state index in [9.17, 15) is 14.0 Å². The molecule has 0 fully saturated rings. The van der Waals surface area contributed by atoms with Gasteiger partial charge in [0.05, 0.1) is 23.1 Å². The van der Waals surface area contributed by atoms with Gasteiger partial charge in [-0.3, -0.25) is 24.9 Å². The number of guanidine groups is 1. The monoisotopic (exact) mass is 596 g/mol. The van der Waals surface area contributed by atoms with E-state index in [1.807, 2.05) is 31.3 Å². The summed E-state index contributed by atoms with van der Waals surface area (Å²) in [4.78, 5) is 35.2. The van der Waals surface area contributed by atoms with Crippen LogP contribution in [0.15, 0.2) is 72.7 Å². The van der Waals surface area contributed by atoms with Gasteiger partial charge in [-0.05, 0) is 55.7 Å². The maximum Gasteiger partial charge on any atom is 0.274 e. The van der Waals surface area contributed by atoms with Crippen LogP contribution in [0.5, 0.6) is 0 Å². The van der Waals surface area contributed by atoms with Crippen LogP contribution in [0.4, 0.5) is 15.8 Å². The standard InChI is InChI=1S/C31H33FN10O2/c1-6-8-27(19(3)32)42-20(4)28(40-41-42)30(44)38-24-10-7-9-18(2)29(43)39-25-16-22(37-31(34-5)36-17-33)11-12-23(25)21-13-14-35-26(24)15-21/h6,8,11-16,18,24H,1,3,7,9-10H2,2,4-5H3,(H,38,44)(H,39,43)(H2,34,36,37)/b27-8+/t18-,24-/m0/s1. The van der Waals surface area contributed by atoms with Crippen molar-refractivity contribution in [3.63, 3.8) is 0 Å². The van der Waals surface area contributed by atoms with Crippen LogP contribution < -0.4 is 21.3 Å². The average molecular weight is 597 g/mol. The summed E-state index contributed by atoms with van der Waals surface area (Å²) >= 11 is 0. The lowest BCUT2D eigenvalue weighted by Crippen LogP contribution is -2.30. The first-order chi connectivity index (χ1) is 21.2. The van der Waals surface area contributed by atoms with Gasteiger partial charge in [-0.15, -0.1) is 5.10 Å². The Balaban J connectivity index is 1.70. The average Bonchev–Trinajstić information content (AvgIpc) is 3.39. The highest BCUT2D eigenvalue weighted by molar-refractivity contribution is 6.00. The molecule has 0 radical (unpaired) electrons. The highest BCUT2D eigenvalue weighted by Gasteiger charge is 2.25. The zero-order valence-corrected chi connectivity index (χ0v) is 24.7. The van der Waals surface area contributed by atoms with E-state index >= 15 is 0 Å². The van der Waals surface area contributed by atoms with Gasteiger partial charge in [0.2, 0.25) is 11.9 Å². The first-order valence-corrected chi connectivity index (χ1v) is 13.9. The third-order valence-corrected chi connectivity index (χ3v) is 7.16. The number of halogens is 1. The van der Waals surface area contributed by atoms with E-state index in [0.29, 0.717) is 42.0 Å². The zero-order chi connectivity index (χ0) is 31.8. The second-order valence-corrected chi connectivity index (χ2v) is 10.1. The summed E-state index contributed by atoms with van der Waals surface area (Å²) in [6.45, 7) is 10.4. The molecular weight excluding hydrogens is 563 g/mol. The predicted molar refractivity (Wildman–Crippen MR) is 167 cm³/mol. The molecule has 2 atom stereocenters. The lowest BCUT2D eigenvalue weighted by Gasteiger charge is -2.22. The Morgan fingerprint density at radius 2 is 2.09 bits per heavy atom. The smallest absolute Gasteiger partial charge is 0.274 e. The van der Waals surface area contributed by atoms with E-state index in [2.05, 4.69) is 54.7 Å². The number of carbonyl (C=O) groups is 2. The number of amides is 2. The van der Waals surface area contributed by atoms with Crippen molar-refractivity contribution in [2.45, 2.75) is 39.2 Å². The molecule has 0 spiro atoms. The Hall–Kier alpha value is -5.64. The molecule has 0 unspecified atom stereocenters. The Labute approximate surface area is 254 Å². The quantitative estimate of drug-likeness (QED) is 0.103. The lowest BCUT2D eigenvalue weighted by molar-refractivity contribution is -0.119. The SMILES string of the molecule is C=C/C=C(\C(=C)F)n1nnc(C(=O)N[C@H]2CCC[C@H](C)C(=O)Nc3cc(NC(=NC)NC#N)ccc3-c3ccnc2c3)c1C. The number of fused-ring (bicyclic) bond motifs is 4. The summed E-state index contributed by atoms with van der Waals surface area (Å²) in [5.74, 6) is -1.46. The van der Waals surface area contributed by atoms with Crippen LogP contribution in [0, 0.1) is 24.3 Å². The molecule has 44 heavy (non-hydrogen) atoms. The van der Waals surface area contributed by atoms with E-state index in [1.54, 1.807) is 32.3 Å². The molecule has 1 aromatic carbocycles. The number of rotatable bonds is 6. The molecule has 3 aromatic rings. The number of aliphatic imine (C=N–C) groups is 1. The number of anilines is 2. The first kappa shape index (κ1) is 31.3. The van der Waals surface area contributed by atoms with Gasteiger partial charge in [-0.25, -0.2) is 9.07 Å². The largest absolute Gasteiger partial charge is 0.342 e. The van der Waals surface area contributed by atoms with Crippen molar-refractivity contribution < 1.29 is 14.0 Å². The third kappa shape index (κ3) is 7.04. The molecule has 2 bridgehead atoms. The molecule has 226 valence electrons. The minimum atomic E-state index is -0.746. The fraction of sp³-hybridized carbons (Fsp3) is 0.258.